The first-order valence-electron chi connectivity index (χ1n) is 4.30. The SMILES string of the molecule is NCCC=Cc1ccnc(C(=O)O)c1. The molecule has 0 atom stereocenters. The van der Waals surface area contributed by atoms with E-state index in [1.807, 2.05) is 12.2 Å². The Morgan fingerprint density at radius 2 is 2.43 bits per heavy atom. The second-order valence-corrected chi connectivity index (χ2v) is 2.76. The summed E-state index contributed by atoms with van der Waals surface area (Å²) in [5.41, 5.74) is 6.19. The fraction of sp³-hybridized carbons (Fsp3) is 0.200. The first kappa shape index (κ1) is 10.4. The minimum absolute atomic E-state index is 0.0555. The van der Waals surface area contributed by atoms with Gasteiger partial charge in [0.15, 0.2) is 0 Å². The second kappa shape index (κ2) is 5.14. The molecule has 1 rings (SSSR count). The molecule has 4 nitrogen and oxygen atoms in total. The van der Waals surface area contributed by atoms with Gasteiger partial charge in [0, 0.05) is 6.20 Å². The van der Waals surface area contributed by atoms with Crippen LogP contribution in [0.3, 0.4) is 0 Å². The van der Waals surface area contributed by atoms with Crippen molar-refractivity contribution < 1.29 is 9.90 Å². The Labute approximate surface area is 82.1 Å². The van der Waals surface area contributed by atoms with Crippen molar-refractivity contribution in [3.8, 4) is 0 Å². The number of hydrogen-bond acceptors (Lipinski definition) is 3. The van der Waals surface area contributed by atoms with Crippen molar-refractivity contribution in [2.24, 2.45) is 5.73 Å². The van der Waals surface area contributed by atoms with Crippen LogP contribution in [0.4, 0.5) is 0 Å². The van der Waals surface area contributed by atoms with E-state index in [4.69, 9.17) is 10.8 Å². The van der Waals surface area contributed by atoms with E-state index in [0.717, 1.165) is 12.0 Å². The lowest BCUT2D eigenvalue weighted by atomic mass is 10.2. The molecule has 3 N–H and O–H groups in total. The van der Waals surface area contributed by atoms with Crippen LogP contribution in [-0.2, 0) is 0 Å². The standard InChI is InChI=1S/C10H12N2O2/c11-5-2-1-3-8-4-6-12-9(7-8)10(13)14/h1,3-4,6-7H,2,5,11H2,(H,13,14). The minimum atomic E-state index is -1.01. The van der Waals surface area contributed by atoms with Gasteiger partial charge >= 0.3 is 5.97 Å². The number of hydrogen-bond donors (Lipinski definition) is 2. The fourth-order valence-electron chi connectivity index (χ4n) is 0.983. The van der Waals surface area contributed by atoms with Crippen LogP contribution in [0, 0.1) is 0 Å². The zero-order chi connectivity index (χ0) is 10.4. The molecule has 0 bridgehead atoms. The maximum Gasteiger partial charge on any atom is 0.354 e. The Bertz CT molecular complexity index is 348. The molecular weight excluding hydrogens is 180 g/mol. The summed E-state index contributed by atoms with van der Waals surface area (Å²) in [6.07, 6.45) is 6.00. The van der Waals surface area contributed by atoms with Crippen LogP contribution < -0.4 is 5.73 Å². The Morgan fingerprint density at radius 3 is 3.07 bits per heavy atom. The van der Waals surface area contributed by atoms with Gasteiger partial charge in [0.2, 0.25) is 0 Å². The largest absolute Gasteiger partial charge is 0.477 e. The highest BCUT2D eigenvalue weighted by atomic mass is 16.4. The number of nitrogens with zero attached hydrogens (tertiary/aromatic N) is 1. The predicted octanol–water partition coefficient (Wildman–Crippen LogP) is 1.14. The van der Waals surface area contributed by atoms with Crippen molar-refractivity contribution in [1.82, 2.24) is 4.98 Å². The molecular formula is C10H12N2O2. The van der Waals surface area contributed by atoms with Gasteiger partial charge in [-0.05, 0) is 30.7 Å². The van der Waals surface area contributed by atoms with Gasteiger partial charge in [-0.3, -0.25) is 0 Å². The highest BCUT2D eigenvalue weighted by molar-refractivity contribution is 5.85. The lowest BCUT2D eigenvalue weighted by Gasteiger charge is -1.95. The third-order valence-corrected chi connectivity index (χ3v) is 1.65. The van der Waals surface area contributed by atoms with E-state index in [-0.39, 0.29) is 5.69 Å². The first-order valence-corrected chi connectivity index (χ1v) is 4.30. The maximum absolute atomic E-state index is 10.6. The molecule has 1 heterocycles. The molecule has 0 aromatic carbocycles. The normalized spacial score (nSPS) is 10.6. The summed E-state index contributed by atoms with van der Waals surface area (Å²) in [6, 6.07) is 3.27. The number of carbonyl (C=O) groups is 1. The molecule has 0 fully saturated rings. The van der Waals surface area contributed by atoms with Crippen LogP contribution in [-0.4, -0.2) is 22.6 Å². The zero-order valence-corrected chi connectivity index (χ0v) is 7.68. The zero-order valence-electron chi connectivity index (χ0n) is 7.68. The molecule has 1 aromatic heterocycles. The van der Waals surface area contributed by atoms with E-state index in [0.29, 0.717) is 6.54 Å². The molecule has 0 aliphatic heterocycles. The summed E-state index contributed by atoms with van der Waals surface area (Å²) in [5, 5.41) is 8.67. The van der Waals surface area contributed by atoms with Crippen LogP contribution >= 0.6 is 0 Å². The monoisotopic (exact) mass is 192 g/mol. The van der Waals surface area contributed by atoms with E-state index in [1.54, 1.807) is 6.07 Å². The maximum atomic E-state index is 10.6. The smallest absolute Gasteiger partial charge is 0.354 e. The Morgan fingerprint density at radius 1 is 1.64 bits per heavy atom. The topological polar surface area (TPSA) is 76.2 Å². The van der Waals surface area contributed by atoms with E-state index < -0.39 is 5.97 Å². The first-order chi connectivity index (χ1) is 6.74. The predicted molar refractivity (Wildman–Crippen MR) is 53.9 cm³/mol. The summed E-state index contributed by atoms with van der Waals surface area (Å²) in [7, 11) is 0. The number of aromatic carboxylic acids is 1. The number of rotatable bonds is 4. The average Bonchev–Trinajstić information content (AvgIpc) is 2.19. The number of pyridine rings is 1. The molecule has 0 saturated heterocycles. The van der Waals surface area contributed by atoms with Crippen LogP contribution in [0.2, 0.25) is 0 Å². The summed E-state index contributed by atoms with van der Waals surface area (Å²) in [4.78, 5) is 14.3. The van der Waals surface area contributed by atoms with Gasteiger partial charge < -0.3 is 10.8 Å². The van der Waals surface area contributed by atoms with Gasteiger partial charge in [0.1, 0.15) is 5.69 Å². The Balaban J connectivity index is 2.78. The summed E-state index contributed by atoms with van der Waals surface area (Å²) in [5.74, 6) is -1.01. The van der Waals surface area contributed by atoms with E-state index >= 15 is 0 Å². The summed E-state index contributed by atoms with van der Waals surface area (Å²) >= 11 is 0. The van der Waals surface area contributed by atoms with Gasteiger partial charge in [0.25, 0.3) is 0 Å². The second-order valence-electron chi connectivity index (χ2n) is 2.76. The molecule has 0 radical (unpaired) electrons. The molecule has 0 saturated carbocycles. The lowest BCUT2D eigenvalue weighted by Crippen LogP contribution is -1.99. The van der Waals surface area contributed by atoms with Crippen molar-refractivity contribution in [1.29, 1.82) is 0 Å². The lowest BCUT2D eigenvalue weighted by molar-refractivity contribution is 0.0690. The number of nitrogens with two attached hydrogens (primary N) is 1. The fourth-order valence-corrected chi connectivity index (χ4v) is 0.983. The van der Waals surface area contributed by atoms with Gasteiger partial charge in [0.05, 0.1) is 0 Å². The van der Waals surface area contributed by atoms with Gasteiger partial charge in [-0.25, -0.2) is 9.78 Å². The summed E-state index contributed by atoms with van der Waals surface area (Å²) in [6.45, 7) is 0.591. The average molecular weight is 192 g/mol. The van der Waals surface area contributed by atoms with Crippen molar-refractivity contribution in [3.63, 3.8) is 0 Å². The van der Waals surface area contributed by atoms with E-state index in [2.05, 4.69) is 4.98 Å². The third kappa shape index (κ3) is 2.99. The highest BCUT2D eigenvalue weighted by Gasteiger charge is 2.02. The Hall–Kier alpha value is -1.68. The van der Waals surface area contributed by atoms with Crippen LogP contribution in [0.25, 0.3) is 6.08 Å². The highest BCUT2D eigenvalue weighted by Crippen LogP contribution is 2.04. The van der Waals surface area contributed by atoms with E-state index in [9.17, 15) is 4.79 Å². The number of carboxylic acids is 1. The van der Waals surface area contributed by atoms with Crippen molar-refractivity contribution in [2.45, 2.75) is 6.42 Å². The molecule has 4 heteroatoms. The van der Waals surface area contributed by atoms with Gasteiger partial charge in [-0.1, -0.05) is 12.2 Å². The molecule has 0 unspecified atom stereocenters. The van der Waals surface area contributed by atoms with E-state index in [1.165, 1.54) is 12.3 Å². The van der Waals surface area contributed by atoms with Crippen LogP contribution in [0.1, 0.15) is 22.5 Å². The Kier molecular flexibility index (Phi) is 3.82. The molecule has 1 aromatic rings. The number of aromatic nitrogens is 1. The molecule has 14 heavy (non-hydrogen) atoms. The molecule has 0 amide bonds. The molecule has 74 valence electrons. The molecule has 0 aliphatic carbocycles. The molecule has 0 spiro atoms. The van der Waals surface area contributed by atoms with Gasteiger partial charge in [-0.15, -0.1) is 0 Å². The van der Waals surface area contributed by atoms with Crippen LogP contribution in [0.15, 0.2) is 24.4 Å². The number of carboxylic acid groups (broad SMARTS) is 1. The van der Waals surface area contributed by atoms with Gasteiger partial charge in [-0.2, -0.15) is 0 Å². The third-order valence-electron chi connectivity index (χ3n) is 1.65. The quantitative estimate of drug-likeness (QED) is 0.750. The molecule has 0 aliphatic rings. The summed E-state index contributed by atoms with van der Waals surface area (Å²) < 4.78 is 0. The minimum Gasteiger partial charge on any atom is -0.477 e. The van der Waals surface area contributed by atoms with Crippen LogP contribution in [0.5, 0.6) is 0 Å². The van der Waals surface area contributed by atoms with Crippen molar-refractivity contribution >= 4 is 12.0 Å². The van der Waals surface area contributed by atoms with Crippen molar-refractivity contribution in [2.75, 3.05) is 6.54 Å². The van der Waals surface area contributed by atoms with Crippen molar-refractivity contribution in [3.05, 3.63) is 35.7 Å².